The highest BCUT2D eigenvalue weighted by Gasteiger charge is 2.23. The first kappa shape index (κ1) is 23.6. The number of hydrogen-bond acceptors (Lipinski definition) is 5. The highest BCUT2D eigenvalue weighted by Crippen LogP contribution is 2.28. The molecule has 0 fully saturated rings. The molecule has 0 unspecified atom stereocenters. The lowest BCUT2D eigenvalue weighted by Gasteiger charge is -2.19. The van der Waals surface area contributed by atoms with E-state index in [1.165, 1.54) is 27.1 Å². The van der Waals surface area contributed by atoms with Crippen LogP contribution in [-0.2, 0) is 27.9 Å². The van der Waals surface area contributed by atoms with Gasteiger partial charge in [0.25, 0.3) is 0 Å². The van der Waals surface area contributed by atoms with E-state index in [9.17, 15) is 23.1 Å². The molecule has 0 spiro atoms. The lowest BCUT2D eigenvalue weighted by atomic mass is 10.3. The summed E-state index contributed by atoms with van der Waals surface area (Å²) in [4.78, 5) is 25.6. The van der Waals surface area contributed by atoms with E-state index in [0.29, 0.717) is 25.2 Å². The van der Waals surface area contributed by atoms with Gasteiger partial charge in [-0.3, -0.25) is 13.9 Å². The standard InChI is InChI=1S/C22H28N4O5S/c1-4-13-25-18-9-7-8-10-19(18)26(22(25)29)15-21(28)23-17-14-16(11-12-20(17)27)32(30,31)24(5-2)6-3/h7-12,14,27H,4-6,13,15H2,1-3H3,(H,23,28). The second-order valence-corrected chi connectivity index (χ2v) is 9.26. The largest absolute Gasteiger partial charge is 0.506 e. The molecule has 3 rings (SSSR count). The van der Waals surface area contributed by atoms with Crippen LogP contribution in [0, 0.1) is 0 Å². The summed E-state index contributed by atoms with van der Waals surface area (Å²) in [5, 5.41) is 12.7. The Balaban J connectivity index is 1.91. The molecule has 0 aliphatic heterocycles. The molecule has 1 heterocycles. The van der Waals surface area contributed by atoms with Crippen LogP contribution in [0.2, 0.25) is 0 Å². The topological polar surface area (TPSA) is 114 Å². The zero-order chi connectivity index (χ0) is 23.5. The molecule has 0 saturated heterocycles. The Bertz CT molecular complexity index is 1290. The molecule has 1 aromatic heterocycles. The number of nitrogens with zero attached hydrogens (tertiary/aromatic N) is 3. The second-order valence-electron chi connectivity index (χ2n) is 7.33. The number of sulfonamides is 1. The van der Waals surface area contributed by atoms with Crippen LogP contribution < -0.4 is 11.0 Å². The van der Waals surface area contributed by atoms with Gasteiger partial charge in [-0.1, -0.05) is 32.9 Å². The minimum Gasteiger partial charge on any atom is -0.506 e. The molecule has 32 heavy (non-hydrogen) atoms. The molecule has 0 aliphatic carbocycles. The van der Waals surface area contributed by atoms with Crippen LogP contribution in [0.3, 0.4) is 0 Å². The molecular weight excluding hydrogens is 432 g/mol. The van der Waals surface area contributed by atoms with Crippen molar-refractivity contribution >= 4 is 32.7 Å². The predicted molar refractivity (Wildman–Crippen MR) is 123 cm³/mol. The number of amides is 1. The number of aromatic nitrogens is 2. The third-order valence-corrected chi connectivity index (χ3v) is 7.31. The Morgan fingerprint density at radius 1 is 1.03 bits per heavy atom. The predicted octanol–water partition coefficient (Wildman–Crippen LogP) is 2.59. The number of imidazole rings is 1. The molecule has 9 nitrogen and oxygen atoms in total. The Morgan fingerprint density at radius 2 is 1.66 bits per heavy atom. The van der Waals surface area contributed by atoms with E-state index < -0.39 is 15.9 Å². The summed E-state index contributed by atoms with van der Waals surface area (Å²) in [7, 11) is -3.76. The number of para-hydroxylation sites is 2. The number of rotatable bonds is 9. The van der Waals surface area contributed by atoms with Crippen molar-refractivity contribution < 1.29 is 18.3 Å². The van der Waals surface area contributed by atoms with E-state index in [4.69, 9.17) is 0 Å². The van der Waals surface area contributed by atoms with Gasteiger partial charge in [0.2, 0.25) is 15.9 Å². The Morgan fingerprint density at radius 3 is 2.25 bits per heavy atom. The molecule has 0 aliphatic rings. The summed E-state index contributed by atoms with van der Waals surface area (Å²) in [5.41, 5.74) is 1.03. The highest BCUT2D eigenvalue weighted by atomic mass is 32.2. The van der Waals surface area contributed by atoms with E-state index in [1.807, 2.05) is 19.1 Å². The zero-order valence-electron chi connectivity index (χ0n) is 18.4. The first-order chi connectivity index (χ1) is 15.2. The molecule has 172 valence electrons. The van der Waals surface area contributed by atoms with Gasteiger partial charge in [0, 0.05) is 19.6 Å². The van der Waals surface area contributed by atoms with Crippen LogP contribution in [0.25, 0.3) is 11.0 Å². The summed E-state index contributed by atoms with van der Waals surface area (Å²) in [5.74, 6) is -0.822. The highest BCUT2D eigenvalue weighted by molar-refractivity contribution is 7.89. The maximum atomic E-state index is 12.9. The summed E-state index contributed by atoms with van der Waals surface area (Å²) >= 11 is 0. The molecule has 2 N–H and O–H groups in total. The van der Waals surface area contributed by atoms with Crippen LogP contribution in [0.4, 0.5) is 5.69 Å². The van der Waals surface area contributed by atoms with Gasteiger partial charge >= 0.3 is 5.69 Å². The average molecular weight is 461 g/mol. The number of phenolic OH excluding ortho intramolecular Hbond substituents is 1. The van der Waals surface area contributed by atoms with Crippen molar-refractivity contribution in [1.82, 2.24) is 13.4 Å². The van der Waals surface area contributed by atoms with Crippen LogP contribution in [0.5, 0.6) is 5.75 Å². The zero-order valence-corrected chi connectivity index (χ0v) is 19.2. The number of fused-ring (bicyclic) bond motifs is 1. The number of carbonyl (C=O) groups is 1. The quantitative estimate of drug-likeness (QED) is 0.477. The number of nitrogens with one attached hydrogen (secondary N) is 1. The van der Waals surface area contributed by atoms with Crippen molar-refractivity contribution in [2.45, 2.75) is 45.2 Å². The molecule has 2 aromatic carbocycles. The van der Waals surface area contributed by atoms with Gasteiger partial charge in [0.1, 0.15) is 12.3 Å². The number of aryl methyl sites for hydroxylation is 1. The number of aromatic hydroxyl groups is 1. The van der Waals surface area contributed by atoms with Crippen molar-refractivity contribution in [2.75, 3.05) is 18.4 Å². The van der Waals surface area contributed by atoms with E-state index in [2.05, 4.69) is 5.32 Å². The van der Waals surface area contributed by atoms with Crippen molar-refractivity contribution in [3.05, 3.63) is 52.9 Å². The summed E-state index contributed by atoms with van der Waals surface area (Å²) < 4.78 is 29.8. The second kappa shape index (κ2) is 9.58. The van der Waals surface area contributed by atoms with Crippen molar-refractivity contribution in [1.29, 1.82) is 0 Å². The van der Waals surface area contributed by atoms with E-state index in [-0.39, 0.29) is 28.6 Å². The molecule has 0 radical (unpaired) electrons. The van der Waals surface area contributed by atoms with E-state index in [1.54, 1.807) is 30.5 Å². The average Bonchev–Trinajstić information content (AvgIpc) is 3.02. The maximum absolute atomic E-state index is 12.9. The van der Waals surface area contributed by atoms with E-state index >= 15 is 0 Å². The summed E-state index contributed by atoms with van der Waals surface area (Å²) in [6.07, 6.45) is 0.766. The molecule has 3 aromatic rings. The maximum Gasteiger partial charge on any atom is 0.329 e. The number of phenols is 1. The van der Waals surface area contributed by atoms with Gasteiger partial charge in [-0.25, -0.2) is 13.2 Å². The van der Waals surface area contributed by atoms with Gasteiger partial charge in [0.15, 0.2) is 0 Å². The normalized spacial score (nSPS) is 11.9. The number of carbonyl (C=O) groups excluding carboxylic acids is 1. The van der Waals surface area contributed by atoms with Crippen LogP contribution in [0.1, 0.15) is 27.2 Å². The van der Waals surface area contributed by atoms with Crippen molar-refractivity contribution in [3.8, 4) is 5.75 Å². The summed E-state index contributed by atoms with van der Waals surface area (Å²) in [6, 6.07) is 11.0. The first-order valence-corrected chi connectivity index (χ1v) is 12.0. The minimum absolute atomic E-state index is 0.0337. The van der Waals surface area contributed by atoms with Crippen LogP contribution >= 0.6 is 0 Å². The third kappa shape index (κ3) is 4.42. The number of hydrogen-bond donors (Lipinski definition) is 2. The van der Waals surface area contributed by atoms with E-state index in [0.717, 1.165) is 11.9 Å². The van der Waals surface area contributed by atoms with Gasteiger partial charge in [-0.05, 0) is 36.8 Å². The van der Waals surface area contributed by atoms with Crippen molar-refractivity contribution in [3.63, 3.8) is 0 Å². The summed E-state index contributed by atoms with van der Waals surface area (Å²) in [6.45, 7) is 6.28. The monoisotopic (exact) mass is 460 g/mol. The fraction of sp³-hybridized carbons (Fsp3) is 0.364. The van der Waals surface area contributed by atoms with Gasteiger partial charge < -0.3 is 10.4 Å². The molecule has 0 saturated carbocycles. The van der Waals surface area contributed by atoms with Crippen LogP contribution in [-0.4, -0.2) is 46.0 Å². The minimum atomic E-state index is -3.76. The first-order valence-electron chi connectivity index (χ1n) is 10.6. The smallest absolute Gasteiger partial charge is 0.329 e. The SMILES string of the molecule is CCCn1c(=O)n(CC(=O)Nc2cc(S(=O)(=O)N(CC)CC)ccc2O)c2ccccc21. The van der Waals surface area contributed by atoms with Crippen LogP contribution in [0.15, 0.2) is 52.2 Å². The van der Waals surface area contributed by atoms with Gasteiger partial charge in [-0.15, -0.1) is 0 Å². The number of anilines is 1. The third-order valence-electron chi connectivity index (χ3n) is 5.26. The fourth-order valence-electron chi connectivity index (χ4n) is 3.69. The molecule has 0 atom stereocenters. The van der Waals surface area contributed by atoms with Gasteiger partial charge in [0.05, 0.1) is 21.6 Å². The lowest BCUT2D eigenvalue weighted by Crippen LogP contribution is -2.31. The molecule has 0 bridgehead atoms. The Hall–Kier alpha value is -3.11. The molecule has 1 amide bonds. The lowest BCUT2D eigenvalue weighted by molar-refractivity contribution is -0.116. The molecular formula is C22H28N4O5S. The Kier molecular flexibility index (Phi) is 7.05. The number of benzene rings is 2. The Labute approximate surface area is 186 Å². The van der Waals surface area contributed by atoms with Crippen molar-refractivity contribution in [2.24, 2.45) is 0 Å². The fourth-order valence-corrected chi connectivity index (χ4v) is 5.17. The molecule has 10 heteroatoms. The van der Waals surface area contributed by atoms with Gasteiger partial charge in [-0.2, -0.15) is 4.31 Å².